The highest BCUT2D eigenvalue weighted by molar-refractivity contribution is 7.60. The maximum Gasteiger partial charge on any atom is 0.309 e. The van der Waals surface area contributed by atoms with Crippen molar-refractivity contribution in [1.29, 1.82) is 0 Å². The maximum atomic E-state index is 12.4. The maximum absolute atomic E-state index is 12.4. The highest BCUT2D eigenvalue weighted by atomic mass is 35.5. The van der Waals surface area contributed by atoms with E-state index in [0.29, 0.717) is 16.1 Å². The summed E-state index contributed by atoms with van der Waals surface area (Å²) in [6, 6.07) is 5.06. The molecular formula is C14H19ClN3O4P. The molecule has 0 aliphatic rings. The molecule has 0 spiro atoms. The molecule has 7 nitrogen and oxygen atoms in total. The van der Waals surface area contributed by atoms with Gasteiger partial charge in [0, 0.05) is 32.8 Å². The van der Waals surface area contributed by atoms with Gasteiger partial charge in [-0.25, -0.2) is 10.9 Å². The van der Waals surface area contributed by atoms with Crippen LogP contribution in [0, 0.1) is 0 Å². The van der Waals surface area contributed by atoms with Gasteiger partial charge in [-0.15, -0.1) is 11.6 Å². The number of hydrazine groups is 1. The second kappa shape index (κ2) is 8.84. The Bertz CT molecular complexity index is 622. The number of amides is 2. The van der Waals surface area contributed by atoms with Gasteiger partial charge in [-0.2, -0.15) is 0 Å². The first-order valence-corrected chi connectivity index (χ1v) is 8.55. The molecule has 1 aromatic rings. The highest BCUT2D eigenvalue weighted by Crippen LogP contribution is 2.25. The number of hydrogen-bond donors (Lipinski definition) is 1. The molecule has 1 unspecified atom stereocenters. The van der Waals surface area contributed by atoms with Gasteiger partial charge in [0.15, 0.2) is 16.9 Å². The summed E-state index contributed by atoms with van der Waals surface area (Å²) in [5, 5.41) is 0.738. The number of carbonyl (C=O) groups excluding carboxylic acids is 2. The average Bonchev–Trinajstić information content (AvgIpc) is 2.51. The van der Waals surface area contributed by atoms with Crippen LogP contribution < -0.4 is 25.7 Å². The van der Waals surface area contributed by atoms with E-state index >= 15 is 0 Å². The first-order chi connectivity index (χ1) is 10.8. The first-order valence-electron chi connectivity index (χ1n) is 6.68. The third-order valence-corrected chi connectivity index (χ3v) is 4.29. The summed E-state index contributed by atoms with van der Waals surface area (Å²) in [4.78, 5) is 37.0. The van der Waals surface area contributed by atoms with Crippen LogP contribution in [0.1, 0.15) is 6.92 Å². The van der Waals surface area contributed by atoms with E-state index in [0.717, 1.165) is 18.4 Å². The molecule has 0 saturated carbocycles. The number of carbonyl (C=O) groups is 2. The summed E-state index contributed by atoms with van der Waals surface area (Å²) >= 11 is 5.62. The van der Waals surface area contributed by atoms with Crippen molar-refractivity contribution in [3.8, 4) is 5.75 Å². The molecule has 0 fully saturated rings. The van der Waals surface area contributed by atoms with Gasteiger partial charge in [-0.05, 0) is 12.1 Å². The standard InChI is InChI=1S/C14H19ClN3O4P/c1-10(19)18(16)14(20)9-23(21)13-5-4-11(17(2)3)8-12(13)22-7-6-15/h4-5,8-9H,6-7,16H2,1-3H3. The Labute approximate surface area is 141 Å². The summed E-state index contributed by atoms with van der Waals surface area (Å²) in [7, 11) is 1.49. The van der Waals surface area contributed by atoms with E-state index in [1.807, 2.05) is 19.0 Å². The lowest BCUT2D eigenvalue weighted by Crippen LogP contribution is -2.42. The molecule has 0 bridgehead atoms. The molecule has 0 aliphatic heterocycles. The number of nitrogens with zero attached hydrogens (tertiary/aromatic N) is 2. The molecule has 1 atom stereocenters. The zero-order chi connectivity index (χ0) is 17.6. The summed E-state index contributed by atoms with van der Waals surface area (Å²) < 4.78 is 5.50. The number of anilines is 1. The Morgan fingerprint density at radius 2 is 2.09 bits per heavy atom. The van der Waals surface area contributed by atoms with Crippen LogP contribution in [0.3, 0.4) is 0 Å². The van der Waals surface area contributed by atoms with Crippen LogP contribution in [0.15, 0.2) is 18.2 Å². The molecule has 0 radical (unpaired) electrons. The fourth-order valence-electron chi connectivity index (χ4n) is 1.61. The Morgan fingerprint density at radius 3 is 2.61 bits per heavy atom. The molecular weight excluding hydrogens is 341 g/mol. The molecule has 2 amide bonds. The average molecular weight is 360 g/mol. The minimum atomic E-state index is -2.23. The van der Waals surface area contributed by atoms with Crippen LogP contribution >= 0.6 is 19.4 Å². The van der Waals surface area contributed by atoms with E-state index in [-0.39, 0.29) is 12.5 Å². The van der Waals surface area contributed by atoms with Crippen molar-refractivity contribution in [2.75, 3.05) is 31.5 Å². The first kappa shape index (κ1) is 19.4. The monoisotopic (exact) mass is 359 g/mol. The third kappa shape index (κ3) is 5.48. The van der Waals surface area contributed by atoms with Gasteiger partial charge < -0.3 is 14.5 Å². The Balaban J connectivity index is 3.18. The lowest BCUT2D eigenvalue weighted by molar-refractivity contribution is -0.149. The van der Waals surface area contributed by atoms with Crippen LogP contribution in [0.4, 0.5) is 5.69 Å². The van der Waals surface area contributed by atoms with Crippen molar-refractivity contribution >= 4 is 48.0 Å². The van der Waals surface area contributed by atoms with Crippen molar-refractivity contribution in [2.24, 2.45) is 5.84 Å². The summed E-state index contributed by atoms with van der Waals surface area (Å²) in [5.74, 6) is 5.35. The van der Waals surface area contributed by atoms with E-state index in [4.69, 9.17) is 22.2 Å². The van der Waals surface area contributed by atoms with Crippen LogP contribution in [-0.2, 0) is 9.59 Å². The van der Waals surface area contributed by atoms with Crippen LogP contribution in [0.5, 0.6) is 5.75 Å². The number of hydrogen-bond acceptors (Lipinski definition) is 6. The number of ether oxygens (including phenoxy) is 1. The minimum Gasteiger partial charge on any atom is -0.626 e. The van der Waals surface area contributed by atoms with E-state index in [1.54, 1.807) is 18.2 Å². The van der Waals surface area contributed by atoms with E-state index in [1.165, 1.54) is 0 Å². The molecule has 1 aromatic carbocycles. The topological polar surface area (TPSA) is 98.9 Å². The fraction of sp³-hybridized carbons (Fsp3) is 0.357. The Kier molecular flexibility index (Phi) is 7.45. The normalized spacial score (nSPS) is 11.1. The van der Waals surface area contributed by atoms with Crippen molar-refractivity contribution in [2.45, 2.75) is 6.92 Å². The predicted octanol–water partition coefficient (Wildman–Crippen LogP) is -0.196. The van der Waals surface area contributed by atoms with Crippen LogP contribution in [-0.4, -0.2) is 49.2 Å². The van der Waals surface area contributed by atoms with Crippen LogP contribution in [0.2, 0.25) is 0 Å². The second-order valence-corrected chi connectivity index (χ2v) is 6.54. The molecule has 23 heavy (non-hydrogen) atoms. The van der Waals surface area contributed by atoms with Crippen molar-refractivity contribution in [3.05, 3.63) is 18.2 Å². The largest absolute Gasteiger partial charge is 0.626 e. The fourth-order valence-corrected chi connectivity index (χ4v) is 2.72. The lowest BCUT2D eigenvalue weighted by atomic mass is 10.3. The summed E-state index contributed by atoms with van der Waals surface area (Å²) in [6.45, 7) is 1.37. The molecule has 126 valence electrons. The summed E-state index contributed by atoms with van der Waals surface area (Å²) in [5.41, 5.74) is 0.845. The number of rotatable bonds is 6. The SMILES string of the molecule is CC(=O)N(N)C(=O)C=[P+]([O-])c1ccc(N(C)C)cc1OCCCl. The van der Waals surface area contributed by atoms with Crippen molar-refractivity contribution < 1.29 is 19.2 Å². The number of imide groups is 1. The molecule has 2 N–H and O–H groups in total. The third-order valence-electron chi connectivity index (χ3n) is 2.84. The highest BCUT2D eigenvalue weighted by Gasteiger charge is 2.19. The quantitative estimate of drug-likeness (QED) is 0.248. The predicted molar refractivity (Wildman–Crippen MR) is 91.3 cm³/mol. The summed E-state index contributed by atoms with van der Waals surface area (Å²) in [6.07, 6.45) is 0. The molecule has 1 rings (SSSR count). The van der Waals surface area contributed by atoms with E-state index < -0.39 is 19.6 Å². The van der Waals surface area contributed by atoms with Gasteiger partial charge in [-0.3, -0.25) is 9.59 Å². The van der Waals surface area contributed by atoms with Crippen molar-refractivity contribution in [3.63, 3.8) is 0 Å². The number of nitrogens with two attached hydrogens (primary N) is 1. The number of alkyl halides is 1. The number of halogens is 1. The number of benzene rings is 1. The van der Waals surface area contributed by atoms with Gasteiger partial charge in [0.2, 0.25) is 5.91 Å². The molecule has 0 aliphatic carbocycles. The zero-order valence-electron chi connectivity index (χ0n) is 13.2. The molecule has 9 heteroatoms. The zero-order valence-corrected chi connectivity index (χ0v) is 14.8. The molecule has 0 saturated heterocycles. The Hall–Kier alpha value is -1.66. The lowest BCUT2D eigenvalue weighted by Gasteiger charge is -2.15. The molecule has 0 heterocycles. The van der Waals surface area contributed by atoms with E-state index in [9.17, 15) is 14.5 Å². The van der Waals surface area contributed by atoms with E-state index in [2.05, 4.69) is 0 Å². The smallest absolute Gasteiger partial charge is 0.309 e. The molecule has 0 aromatic heterocycles. The van der Waals surface area contributed by atoms with Gasteiger partial charge in [-0.1, -0.05) is 0 Å². The second-order valence-electron chi connectivity index (χ2n) is 4.77. The van der Waals surface area contributed by atoms with Gasteiger partial charge in [0.1, 0.15) is 6.61 Å². The minimum absolute atomic E-state index is 0.235. The Morgan fingerprint density at radius 1 is 1.43 bits per heavy atom. The van der Waals surface area contributed by atoms with Gasteiger partial charge >= 0.3 is 5.91 Å². The van der Waals surface area contributed by atoms with Crippen molar-refractivity contribution in [1.82, 2.24) is 5.01 Å². The van der Waals surface area contributed by atoms with Gasteiger partial charge in [0.05, 0.1) is 13.7 Å². The van der Waals surface area contributed by atoms with Gasteiger partial charge in [0.25, 0.3) is 0 Å². The van der Waals surface area contributed by atoms with Crippen LogP contribution in [0.25, 0.3) is 0 Å².